The fourth-order valence-corrected chi connectivity index (χ4v) is 1.72. The van der Waals surface area contributed by atoms with E-state index >= 15 is 0 Å². The second-order valence-corrected chi connectivity index (χ2v) is 4.41. The molecular formula is C17H16N2O3. The van der Waals surface area contributed by atoms with Crippen LogP contribution >= 0.6 is 0 Å². The molecule has 112 valence electrons. The molecule has 2 aromatic rings. The van der Waals surface area contributed by atoms with Crippen molar-refractivity contribution in [3.8, 4) is 11.5 Å². The average molecular weight is 296 g/mol. The van der Waals surface area contributed by atoms with Crippen molar-refractivity contribution in [3.05, 3.63) is 65.7 Å². The topological polar surface area (TPSA) is 70.9 Å². The molecule has 5 heteroatoms. The Labute approximate surface area is 128 Å². The fraction of sp³-hybridized carbons (Fsp3) is 0.0588. The number of nitrogens with one attached hydrogen (secondary N) is 1. The minimum atomic E-state index is -0.328. The van der Waals surface area contributed by atoms with Crippen LogP contribution in [0.4, 0.5) is 0 Å². The molecule has 0 aliphatic heterocycles. The highest BCUT2D eigenvalue weighted by Gasteiger charge is 2.00. The lowest BCUT2D eigenvalue weighted by Gasteiger charge is -2.03. The van der Waals surface area contributed by atoms with Gasteiger partial charge in [0.2, 0.25) is 0 Å². The Hall–Kier alpha value is -3.08. The quantitative estimate of drug-likeness (QED) is 0.506. The summed E-state index contributed by atoms with van der Waals surface area (Å²) in [4.78, 5) is 11.6. The van der Waals surface area contributed by atoms with Gasteiger partial charge in [-0.05, 0) is 35.4 Å². The Balaban J connectivity index is 1.92. The zero-order valence-corrected chi connectivity index (χ0v) is 12.1. The number of methoxy groups -OCH3 is 1. The number of carbonyl (C=O) groups is 1. The molecule has 0 aromatic heterocycles. The van der Waals surface area contributed by atoms with Crippen molar-refractivity contribution < 1.29 is 14.6 Å². The van der Waals surface area contributed by atoms with Crippen LogP contribution in [-0.4, -0.2) is 24.3 Å². The van der Waals surface area contributed by atoms with E-state index in [1.807, 2.05) is 30.3 Å². The first-order valence-corrected chi connectivity index (χ1v) is 6.62. The van der Waals surface area contributed by atoms with Gasteiger partial charge in [-0.1, -0.05) is 30.3 Å². The summed E-state index contributed by atoms with van der Waals surface area (Å²) in [5, 5.41) is 13.3. The van der Waals surface area contributed by atoms with Gasteiger partial charge in [0, 0.05) is 6.08 Å². The van der Waals surface area contributed by atoms with Crippen LogP contribution in [0.3, 0.4) is 0 Å². The molecule has 0 fully saturated rings. The SMILES string of the molecule is COc1cc(/C=N/NC(=O)/C=C/c2ccccc2)ccc1O. The van der Waals surface area contributed by atoms with E-state index in [0.717, 1.165) is 5.56 Å². The molecule has 0 aliphatic rings. The van der Waals surface area contributed by atoms with E-state index in [2.05, 4.69) is 10.5 Å². The summed E-state index contributed by atoms with van der Waals surface area (Å²) < 4.78 is 4.99. The number of benzene rings is 2. The molecule has 2 aromatic carbocycles. The lowest BCUT2D eigenvalue weighted by Crippen LogP contribution is -2.14. The molecule has 0 spiro atoms. The summed E-state index contributed by atoms with van der Waals surface area (Å²) in [5.74, 6) is 0.0691. The molecule has 0 heterocycles. The molecule has 0 aliphatic carbocycles. The number of ether oxygens (including phenoxy) is 1. The van der Waals surface area contributed by atoms with Crippen LogP contribution < -0.4 is 10.2 Å². The summed E-state index contributed by atoms with van der Waals surface area (Å²) in [6.07, 6.45) is 4.58. The lowest BCUT2D eigenvalue weighted by atomic mass is 10.2. The molecule has 0 saturated carbocycles. The van der Waals surface area contributed by atoms with Gasteiger partial charge >= 0.3 is 0 Å². The third-order valence-corrected chi connectivity index (χ3v) is 2.82. The van der Waals surface area contributed by atoms with Crippen LogP contribution in [0, 0.1) is 0 Å². The maximum atomic E-state index is 11.6. The average Bonchev–Trinajstić information content (AvgIpc) is 2.55. The Kier molecular flexibility index (Phi) is 5.31. The van der Waals surface area contributed by atoms with Crippen LogP contribution in [0.2, 0.25) is 0 Å². The lowest BCUT2D eigenvalue weighted by molar-refractivity contribution is -0.116. The number of aromatic hydroxyl groups is 1. The Morgan fingerprint density at radius 1 is 1.18 bits per heavy atom. The van der Waals surface area contributed by atoms with Crippen molar-refractivity contribution in [3.63, 3.8) is 0 Å². The van der Waals surface area contributed by atoms with Crippen LogP contribution in [0.15, 0.2) is 59.7 Å². The normalized spacial score (nSPS) is 11.0. The summed E-state index contributed by atoms with van der Waals surface area (Å²) >= 11 is 0. The summed E-state index contributed by atoms with van der Waals surface area (Å²) in [5.41, 5.74) is 4.03. The third-order valence-electron chi connectivity index (χ3n) is 2.82. The van der Waals surface area contributed by atoms with Gasteiger partial charge in [0.15, 0.2) is 11.5 Å². The smallest absolute Gasteiger partial charge is 0.264 e. The number of hydrogen-bond donors (Lipinski definition) is 2. The summed E-state index contributed by atoms with van der Waals surface area (Å²) in [6.45, 7) is 0. The molecule has 5 nitrogen and oxygen atoms in total. The number of phenols is 1. The van der Waals surface area contributed by atoms with E-state index in [9.17, 15) is 9.90 Å². The number of nitrogens with zero attached hydrogens (tertiary/aromatic N) is 1. The highest BCUT2D eigenvalue weighted by Crippen LogP contribution is 2.25. The van der Waals surface area contributed by atoms with E-state index in [1.165, 1.54) is 25.5 Å². The second kappa shape index (κ2) is 7.64. The van der Waals surface area contributed by atoms with Crippen molar-refractivity contribution in [2.24, 2.45) is 5.10 Å². The van der Waals surface area contributed by atoms with Crippen molar-refractivity contribution >= 4 is 18.2 Å². The molecule has 0 unspecified atom stereocenters. The standard InChI is InChI=1S/C17H16N2O3/c1-22-16-11-14(7-9-15(16)20)12-18-19-17(21)10-8-13-5-3-2-4-6-13/h2-12,20H,1H3,(H,19,21)/b10-8+,18-12+. The van der Waals surface area contributed by atoms with Crippen LogP contribution in [-0.2, 0) is 4.79 Å². The van der Waals surface area contributed by atoms with Crippen LogP contribution in [0.25, 0.3) is 6.08 Å². The molecule has 0 radical (unpaired) electrons. The number of amides is 1. The van der Waals surface area contributed by atoms with Gasteiger partial charge in [0.1, 0.15) is 0 Å². The van der Waals surface area contributed by atoms with E-state index in [-0.39, 0.29) is 11.7 Å². The molecule has 0 bridgehead atoms. The molecule has 2 N–H and O–H groups in total. The largest absolute Gasteiger partial charge is 0.504 e. The molecule has 2 rings (SSSR count). The predicted molar refractivity (Wildman–Crippen MR) is 85.9 cm³/mol. The first-order chi connectivity index (χ1) is 10.7. The monoisotopic (exact) mass is 296 g/mol. The van der Waals surface area contributed by atoms with Crippen LogP contribution in [0.5, 0.6) is 11.5 Å². The van der Waals surface area contributed by atoms with E-state index in [0.29, 0.717) is 11.3 Å². The van der Waals surface area contributed by atoms with Gasteiger partial charge in [-0.3, -0.25) is 4.79 Å². The van der Waals surface area contributed by atoms with Gasteiger partial charge in [-0.25, -0.2) is 5.43 Å². The van der Waals surface area contributed by atoms with E-state index in [1.54, 1.807) is 18.2 Å². The van der Waals surface area contributed by atoms with Gasteiger partial charge < -0.3 is 9.84 Å². The zero-order valence-electron chi connectivity index (χ0n) is 12.1. The zero-order chi connectivity index (χ0) is 15.8. The predicted octanol–water partition coefficient (Wildman–Crippen LogP) is 2.56. The number of rotatable bonds is 5. The van der Waals surface area contributed by atoms with Gasteiger partial charge in [-0.2, -0.15) is 5.10 Å². The highest BCUT2D eigenvalue weighted by atomic mass is 16.5. The number of phenolic OH excluding ortho intramolecular Hbond substituents is 1. The Bertz CT molecular complexity index is 694. The van der Waals surface area contributed by atoms with Gasteiger partial charge in [-0.15, -0.1) is 0 Å². The number of hydrogen-bond acceptors (Lipinski definition) is 4. The highest BCUT2D eigenvalue weighted by molar-refractivity contribution is 5.92. The summed E-state index contributed by atoms with van der Waals surface area (Å²) in [6, 6.07) is 14.3. The molecule has 1 amide bonds. The Morgan fingerprint density at radius 2 is 1.95 bits per heavy atom. The first kappa shape index (κ1) is 15.3. The minimum Gasteiger partial charge on any atom is -0.504 e. The van der Waals surface area contributed by atoms with Gasteiger partial charge in [0.25, 0.3) is 5.91 Å². The van der Waals surface area contributed by atoms with Crippen LogP contribution in [0.1, 0.15) is 11.1 Å². The van der Waals surface area contributed by atoms with Crippen molar-refractivity contribution in [1.82, 2.24) is 5.43 Å². The van der Waals surface area contributed by atoms with Crippen molar-refractivity contribution in [2.75, 3.05) is 7.11 Å². The number of carbonyl (C=O) groups excluding carboxylic acids is 1. The molecule has 0 atom stereocenters. The molecule has 22 heavy (non-hydrogen) atoms. The number of hydrazone groups is 1. The fourth-order valence-electron chi connectivity index (χ4n) is 1.72. The Morgan fingerprint density at radius 3 is 2.68 bits per heavy atom. The maximum Gasteiger partial charge on any atom is 0.264 e. The van der Waals surface area contributed by atoms with Crippen molar-refractivity contribution in [1.29, 1.82) is 0 Å². The maximum absolute atomic E-state index is 11.6. The van der Waals surface area contributed by atoms with Gasteiger partial charge in [0.05, 0.1) is 13.3 Å². The third kappa shape index (κ3) is 4.49. The van der Waals surface area contributed by atoms with E-state index < -0.39 is 0 Å². The van der Waals surface area contributed by atoms with E-state index in [4.69, 9.17) is 4.74 Å². The first-order valence-electron chi connectivity index (χ1n) is 6.62. The van der Waals surface area contributed by atoms with Crippen molar-refractivity contribution in [2.45, 2.75) is 0 Å². The minimum absolute atomic E-state index is 0.0504. The molecular weight excluding hydrogens is 280 g/mol. The molecule has 0 saturated heterocycles. The second-order valence-electron chi connectivity index (χ2n) is 4.41. The summed E-state index contributed by atoms with van der Waals surface area (Å²) in [7, 11) is 1.46.